The van der Waals surface area contributed by atoms with E-state index in [-0.39, 0.29) is 34.3 Å². The number of methoxy groups -OCH3 is 1. The molecule has 3 atom stereocenters. The monoisotopic (exact) mass is 479 g/mol. The lowest BCUT2D eigenvalue weighted by Gasteiger charge is -2.44. The molecule has 1 aromatic carbocycles. The van der Waals surface area contributed by atoms with Gasteiger partial charge in [0.05, 0.1) is 19.0 Å². The molecule has 2 aromatic rings. The largest absolute Gasteiger partial charge is 0.491 e. The normalized spacial score (nSPS) is 23.2. The Balaban J connectivity index is 1.47. The zero-order valence-corrected chi connectivity index (χ0v) is 18.4. The Morgan fingerprint density at radius 3 is 2.64 bits per heavy atom. The predicted molar refractivity (Wildman–Crippen MR) is 114 cm³/mol. The number of carbonyl (C=O) groups excluding carboxylic acids is 2. The Kier molecular flexibility index (Phi) is 5.38. The topological polar surface area (TPSA) is 80.6 Å². The maximum absolute atomic E-state index is 13.9. The zero-order valence-electron chi connectivity index (χ0n) is 17.6. The van der Waals surface area contributed by atoms with Crippen molar-refractivity contribution in [2.45, 2.75) is 49.0 Å². The highest BCUT2D eigenvalue weighted by molar-refractivity contribution is 8.00. The van der Waals surface area contributed by atoms with Crippen molar-refractivity contribution < 1.29 is 27.5 Å². The molecule has 1 aromatic heterocycles. The third-order valence-electron chi connectivity index (χ3n) is 6.42. The lowest BCUT2D eigenvalue weighted by molar-refractivity contribution is 0.0568. The van der Waals surface area contributed by atoms with Crippen LogP contribution in [-0.4, -0.2) is 45.1 Å². The van der Waals surface area contributed by atoms with Crippen LogP contribution in [0.25, 0.3) is 0 Å². The summed E-state index contributed by atoms with van der Waals surface area (Å²) in [5.74, 6) is -4.81. The van der Waals surface area contributed by atoms with E-state index in [2.05, 4.69) is 5.32 Å². The number of hydrogen-bond acceptors (Lipinski definition) is 5. The minimum atomic E-state index is -1.15. The molecule has 3 heterocycles. The summed E-state index contributed by atoms with van der Waals surface area (Å²) in [6, 6.07) is 1.15. The number of carbonyl (C=O) groups is 2. The molecule has 0 radical (unpaired) electrons. The Hall–Kier alpha value is -2.95. The van der Waals surface area contributed by atoms with Crippen LogP contribution in [0.1, 0.15) is 45.7 Å². The summed E-state index contributed by atoms with van der Waals surface area (Å²) in [6.45, 7) is -0.203. The van der Waals surface area contributed by atoms with Crippen molar-refractivity contribution in [2.75, 3.05) is 7.11 Å². The highest BCUT2D eigenvalue weighted by Gasteiger charge is 2.47. The quantitative estimate of drug-likeness (QED) is 0.730. The number of hydrogen-bond donors (Lipinski definition) is 1. The molecule has 2 bridgehead atoms. The van der Waals surface area contributed by atoms with Crippen molar-refractivity contribution in [3.05, 3.63) is 62.8 Å². The van der Waals surface area contributed by atoms with Gasteiger partial charge in [0.1, 0.15) is 23.0 Å². The van der Waals surface area contributed by atoms with Gasteiger partial charge in [-0.25, -0.2) is 13.2 Å². The highest BCUT2D eigenvalue weighted by atomic mass is 32.2. The molecule has 0 spiro atoms. The van der Waals surface area contributed by atoms with Crippen LogP contribution in [0.4, 0.5) is 13.2 Å². The summed E-state index contributed by atoms with van der Waals surface area (Å²) in [6.07, 6.45) is 4.17. The Bertz CT molecular complexity index is 1210. The van der Waals surface area contributed by atoms with Gasteiger partial charge < -0.3 is 19.5 Å². The first-order valence-electron chi connectivity index (χ1n) is 10.5. The summed E-state index contributed by atoms with van der Waals surface area (Å²) < 4.78 is 47.7. The Labute approximate surface area is 190 Å². The average Bonchev–Trinajstić information content (AvgIpc) is 3.13. The van der Waals surface area contributed by atoms with Crippen LogP contribution >= 0.6 is 11.8 Å². The second kappa shape index (κ2) is 8.12. The number of benzene rings is 1. The molecule has 5 rings (SSSR count). The van der Waals surface area contributed by atoms with Gasteiger partial charge in [0, 0.05) is 41.7 Å². The molecule has 2 fully saturated rings. The van der Waals surface area contributed by atoms with E-state index >= 15 is 0 Å². The van der Waals surface area contributed by atoms with E-state index in [0.29, 0.717) is 23.9 Å². The minimum absolute atomic E-state index is 0.0943. The van der Waals surface area contributed by atoms with Crippen LogP contribution in [-0.2, 0) is 13.1 Å². The van der Waals surface area contributed by atoms with Gasteiger partial charge in [0.2, 0.25) is 5.43 Å². The van der Waals surface area contributed by atoms with E-state index in [4.69, 9.17) is 4.74 Å². The summed E-state index contributed by atoms with van der Waals surface area (Å²) in [5.41, 5.74) is -1.54. The Morgan fingerprint density at radius 1 is 1.21 bits per heavy atom. The van der Waals surface area contributed by atoms with E-state index in [1.54, 1.807) is 16.3 Å². The van der Waals surface area contributed by atoms with Crippen molar-refractivity contribution in [1.29, 1.82) is 0 Å². The second-order valence-electron chi connectivity index (χ2n) is 8.33. The van der Waals surface area contributed by atoms with Crippen LogP contribution in [0.3, 0.4) is 0 Å². The van der Waals surface area contributed by atoms with Gasteiger partial charge in [-0.1, -0.05) is 0 Å². The van der Waals surface area contributed by atoms with Crippen molar-refractivity contribution in [3.63, 3.8) is 0 Å². The molecule has 3 aliphatic rings. The first-order valence-corrected chi connectivity index (χ1v) is 11.4. The van der Waals surface area contributed by atoms with E-state index < -0.39 is 40.9 Å². The fraction of sp³-hybridized carbons (Fsp3) is 0.409. The standard InChI is InChI=1S/C22H20F3N3O4S/c1-32-20-18-22(31)28-11-2-3-12(6-11)33-17(28)9-27(18)8-14(19(20)29)21(30)26-7-13-15(24)4-10(23)5-16(13)25/h4-5,8,11-12,17H,2-3,6-7,9H2,1H3,(H,26,30)/t11-,12+,17?/m0/s1. The first-order chi connectivity index (χ1) is 15.8. The van der Waals surface area contributed by atoms with Crippen LogP contribution in [0.2, 0.25) is 0 Å². The molecule has 11 heteroatoms. The SMILES string of the molecule is COc1c2n(cc(C(=O)NCc3c(F)cc(F)cc3F)c1=O)CC1S[C@@H]3CC[C@@H](C3)N1C2=O. The van der Waals surface area contributed by atoms with Gasteiger partial charge in [0.15, 0.2) is 11.4 Å². The van der Waals surface area contributed by atoms with Gasteiger partial charge in [-0.15, -0.1) is 11.8 Å². The molecule has 33 heavy (non-hydrogen) atoms. The van der Waals surface area contributed by atoms with E-state index in [1.807, 2.05) is 4.90 Å². The third-order valence-corrected chi connectivity index (χ3v) is 7.92. The van der Waals surface area contributed by atoms with Crippen molar-refractivity contribution >= 4 is 23.6 Å². The number of nitrogens with one attached hydrogen (secondary N) is 1. The number of amides is 2. The van der Waals surface area contributed by atoms with Crippen LogP contribution in [0.15, 0.2) is 23.1 Å². The number of nitrogens with zero attached hydrogens (tertiary/aromatic N) is 2. The van der Waals surface area contributed by atoms with Crippen LogP contribution in [0.5, 0.6) is 5.75 Å². The number of ether oxygens (including phenoxy) is 1. The third kappa shape index (κ3) is 3.58. The number of halogens is 3. The minimum Gasteiger partial charge on any atom is -0.491 e. The van der Waals surface area contributed by atoms with Crippen molar-refractivity contribution in [2.24, 2.45) is 0 Å². The highest BCUT2D eigenvalue weighted by Crippen LogP contribution is 2.46. The maximum Gasteiger partial charge on any atom is 0.275 e. The van der Waals surface area contributed by atoms with Crippen LogP contribution < -0.4 is 15.5 Å². The first kappa shape index (κ1) is 21.9. The van der Waals surface area contributed by atoms with Gasteiger partial charge in [0.25, 0.3) is 11.8 Å². The van der Waals surface area contributed by atoms with E-state index in [1.165, 1.54) is 13.3 Å². The molecule has 1 N–H and O–H groups in total. The summed E-state index contributed by atoms with van der Waals surface area (Å²) in [4.78, 5) is 40.9. The lowest BCUT2D eigenvalue weighted by atomic mass is 10.1. The molecule has 7 nitrogen and oxygen atoms in total. The average molecular weight is 479 g/mol. The zero-order chi connectivity index (χ0) is 23.4. The smallest absolute Gasteiger partial charge is 0.275 e. The predicted octanol–water partition coefficient (Wildman–Crippen LogP) is 2.65. The van der Waals surface area contributed by atoms with Crippen LogP contribution in [0, 0.1) is 17.5 Å². The molecule has 1 saturated carbocycles. The summed E-state index contributed by atoms with van der Waals surface area (Å²) >= 11 is 1.72. The number of fused-ring (bicyclic) bond motifs is 5. The summed E-state index contributed by atoms with van der Waals surface area (Å²) in [7, 11) is 1.25. The number of rotatable bonds is 4. The maximum atomic E-state index is 13.9. The van der Waals surface area contributed by atoms with Gasteiger partial charge in [-0.2, -0.15) is 0 Å². The molecule has 1 aliphatic carbocycles. The molecule has 2 amide bonds. The molecule has 1 unspecified atom stereocenters. The van der Waals surface area contributed by atoms with Crippen molar-refractivity contribution in [3.8, 4) is 5.75 Å². The van der Waals surface area contributed by atoms with E-state index in [9.17, 15) is 27.6 Å². The van der Waals surface area contributed by atoms with Gasteiger partial charge in [-0.05, 0) is 19.3 Å². The lowest BCUT2D eigenvalue weighted by Crippen LogP contribution is -2.54. The summed E-state index contributed by atoms with van der Waals surface area (Å²) in [5, 5.41) is 2.67. The second-order valence-corrected chi connectivity index (χ2v) is 9.81. The molecule has 174 valence electrons. The molecule has 1 saturated heterocycles. The Morgan fingerprint density at radius 2 is 1.94 bits per heavy atom. The number of thioether (sulfide) groups is 1. The number of aromatic nitrogens is 1. The fourth-order valence-electron chi connectivity index (χ4n) is 4.89. The number of pyridine rings is 1. The molecular weight excluding hydrogens is 459 g/mol. The fourth-order valence-corrected chi connectivity index (χ4v) is 6.59. The van der Waals surface area contributed by atoms with Crippen molar-refractivity contribution in [1.82, 2.24) is 14.8 Å². The molecular formula is C22H20F3N3O4S. The van der Waals surface area contributed by atoms with E-state index in [0.717, 1.165) is 19.3 Å². The van der Waals surface area contributed by atoms with Gasteiger partial charge >= 0.3 is 0 Å². The molecule has 2 aliphatic heterocycles. The van der Waals surface area contributed by atoms with Gasteiger partial charge in [-0.3, -0.25) is 14.4 Å².